The van der Waals surface area contributed by atoms with Crippen LogP contribution in [0, 0.1) is 0 Å². The smallest absolute Gasteiger partial charge is 0.0780 e. The maximum absolute atomic E-state index is 4.72. The number of benzene rings is 8. The van der Waals surface area contributed by atoms with Crippen molar-refractivity contribution in [2.24, 2.45) is 0 Å². The fraction of sp³-hybridized carbons (Fsp3) is 0. The number of hydrogen-bond acceptors (Lipinski definition) is 2. The molecule has 0 spiro atoms. The summed E-state index contributed by atoms with van der Waals surface area (Å²) in [7, 11) is 0. The second kappa shape index (κ2) is 11.5. The minimum absolute atomic E-state index is 1.03. The lowest BCUT2D eigenvalue weighted by atomic mass is 9.89. The van der Waals surface area contributed by atoms with Gasteiger partial charge in [0.15, 0.2) is 0 Å². The van der Waals surface area contributed by atoms with Gasteiger partial charge in [0.2, 0.25) is 0 Å². The summed E-state index contributed by atoms with van der Waals surface area (Å²) in [6.45, 7) is 0. The van der Waals surface area contributed by atoms with E-state index in [2.05, 4.69) is 158 Å². The van der Waals surface area contributed by atoms with E-state index in [0.29, 0.717) is 0 Å². The predicted molar refractivity (Wildman–Crippen MR) is 211 cm³/mol. The summed E-state index contributed by atoms with van der Waals surface area (Å²) in [5.74, 6) is 0. The third-order valence-corrected chi connectivity index (χ3v) is 10.1. The maximum atomic E-state index is 4.72. The number of rotatable bonds is 4. The maximum Gasteiger partial charge on any atom is 0.0780 e. The Hall–Kier alpha value is -6.64. The monoisotopic (exact) mass is 634 g/mol. The number of nitrogens with zero attached hydrogens (tertiary/aromatic N) is 2. The average Bonchev–Trinajstić information content (AvgIpc) is 3.20. The molecule has 2 aromatic heterocycles. The highest BCUT2D eigenvalue weighted by Gasteiger charge is 2.13. The van der Waals surface area contributed by atoms with Crippen LogP contribution < -0.4 is 0 Å². The van der Waals surface area contributed by atoms with Gasteiger partial charge >= 0.3 is 0 Å². The van der Waals surface area contributed by atoms with Crippen LogP contribution in [-0.2, 0) is 0 Å². The first-order chi connectivity index (χ1) is 24.8. The van der Waals surface area contributed by atoms with Crippen LogP contribution in [0.15, 0.2) is 182 Å². The van der Waals surface area contributed by atoms with Crippen molar-refractivity contribution < 1.29 is 0 Å². The summed E-state index contributed by atoms with van der Waals surface area (Å²) in [6.07, 6.45) is 3.75. The van der Waals surface area contributed by atoms with Gasteiger partial charge in [-0.05, 0) is 102 Å². The molecule has 2 heterocycles. The Balaban J connectivity index is 1.12. The molecule has 0 unspecified atom stereocenters. The molecule has 2 heteroatoms. The Morgan fingerprint density at radius 1 is 0.260 bits per heavy atom. The zero-order chi connectivity index (χ0) is 33.0. The molecule has 0 atom stereocenters. The molecule has 0 aliphatic heterocycles. The molecule has 0 saturated heterocycles. The van der Waals surface area contributed by atoms with Crippen molar-refractivity contribution in [3.8, 4) is 44.5 Å². The average molecular weight is 635 g/mol. The summed E-state index contributed by atoms with van der Waals surface area (Å²) >= 11 is 0. The molecular formula is C48H30N2. The van der Waals surface area contributed by atoms with Crippen LogP contribution in [0.2, 0.25) is 0 Å². The highest BCUT2D eigenvalue weighted by Crippen LogP contribution is 2.40. The molecule has 0 aliphatic rings. The Labute approximate surface area is 290 Å². The van der Waals surface area contributed by atoms with Crippen molar-refractivity contribution in [3.05, 3.63) is 182 Å². The van der Waals surface area contributed by atoms with Crippen LogP contribution in [0.25, 0.3) is 98.6 Å². The van der Waals surface area contributed by atoms with E-state index in [1.54, 1.807) is 0 Å². The SMILES string of the molecule is c1cc(-c2ccc3c(c2)c2ccccc2c2ccc(-c4cccc(-c5cccc6cccnc56)c4)cc23)cc(-c2cccc3cccnc23)c1. The van der Waals surface area contributed by atoms with Gasteiger partial charge < -0.3 is 0 Å². The summed E-state index contributed by atoms with van der Waals surface area (Å²) in [6, 6.07) is 61.5. The first kappa shape index (κ1) is 28.4. The predicted octanol–water partition coefficient (Wildman–Crippen LogP) is 12.9. The van der Waals surface area contributed by atoms with Gasteiger partial charge in [-0.15, -0.1) is 0 Å². The van der Waals surface area contributed by atoms with Crippen molar-refractivity contribution in [3.63, 3.8) is 0 Å². The van der Waals surface area contributed by atoms with E-state index in [1.807, 2.05) is 24.5 Å². The topological polar surface area (TPSA) is 25.8 Å². The zero-order valence-corrected chi connectivity index (χ0v) is 27.2. The van der Waals surface area contributed by atoms with Crippen LogP contribution >= 0.6 is 0 Å². The summed E-state index contributed by atoms with van der Waals surface area (Å²) in [5, 5.41) is 9.88. The van der Waals surface area contributed by atoms with Gasteiger partial charge in [-0.2, -0.15) is 0 Å². The van der Waals surface area contributed by atoms with Gasteiger partial charge in [0.05, 0.1) is 11.0 Å². The molecule has 0 N–H and O–H groups in total. The lowest BCUT2D eigenvalue weighted by Gasteiger charge is -2.14. The van der Waals surface area contributed by atoms with Gasteiger partial charge in [0.1, 0.15) is 0 Å². The molecular weight excluding hydrogens is 605 g/mol. The Bertz CT molecular complexity index is 2770. The largest absolute Gasteiger partial charge is 0.256 e. The van der Waals surface area contributed by atoms with Gasteiger partial charge in [-0.1, -0.05) is 133 Å². The van der Waals surface area contributed by atoms with Crippen molar-refractivity contribution in [1.82, 2.24) is 9.97 Å². The van der Waals surface area contributed by atoms with Crippen molar-refractivity contribution >= 4 is 54.1 Å². The second-order valence-corrected chi connectivity index (χ2v) is 13.0. The zero-order valence-electron chi connectivity index (χ0n) is 27.2. The molecule has 2 nitrogen and oxygen atoms in total. The Kier molecular flexibility index (Phi) is 6.53. The summed E-state index contributed by atoms with van der Waals surface area (Å²) < 4.78 is 0. The molecule has 0 amide bonds. The normalized spacial score (nSPS) is 11.6. The van der Waals surface area contributed by atoms with Crippen LogP contribution in [-0.4, -0.2) is 9.97 Å². The molecule has 8 aromatic carbocycles. The molecule has 0 aliphatic carbocycles. The van der Waals surface area contributed by atoms with E-state index in [9.17, 15) is 0 Å². The third kappa shape index (κ3) is 4.65. The fourth-order valence-corrected chi connectivity index (χ4v) is 7.72. The highest BCUT2D eigenvalue weighted by molar-refractivity contribution is 6.26. The summed E-state index contributed by atoms with van der Waals surface area (Å²) in [4.78, 5) is 9.44. The second-order valence-electron chi connectivity index (χ2n) is 13.0. The summed E-state index contributed by atoms with van der Waals surface area (Å²) in [5.41, 5.74) is 11.5. The van der Waals surface area contributed by atoms with Gasteiger partial charge in [-0.25, -0.2) is 0 Å². The van der Waals surface area contributed by atoms with Crippen LogP contribution in [0.1, 0.15) is 0 Å². The molecule has 0 radical (unpaired) electrons. The molecule has 10 rings (SSSR count). The third-order valence-electron chi connectivity index (χ3n) is 10.1. The molecule has 0 bridgehead atoms. The first-order valence-electron chi connectivity index (χ1n) is 17.1. The highest BCUT2D eigenvalue weighted by atomic mass is 14.7. The molecule has 232 valence electrons. The van der Waals surface area contributed by atoms with E-state index in [-0.39, 0.29) is 0 Å². The lowest BCUT2D eigenvalue weighted by Crippen LogP contribution is -1.88. The van der Waals surface area contributed by atoms with Crippen molar-refractivity contribution in [1.29, 1.82) is 0 Å². The molecule has 0 saturated carbocycles. The number of pyridine rings is 2. The fourth-order valence-electron chi connectivity index (χ4n) is 7.72. The number of fused-ring (bicyclic) bond motifs is 8. The number of hydrogen-bond donors (Lipinski definition) is 0. The van der Waals surface area contributed by atoms with E-state index >= 15 is 0 Å². The van der Waals surface area contributed by atoms with E-state index < -0.39 is 0 Å². The first-order valence-corrected chi connectivity index (χ1v) is 17.1. The van der Waals surface area contributed by atoms with Crippen molar-refractivity contribution in [2.75, 3.05) is 0 Å². The molecule has 10 aromatic rings. The van der Waals surface area contributed by atoms with Crippen molar-refractivity contribution in [2.45, 2.75) is 0 Å². The van der Waals surface area contributed by atoms with Crippen LogP contribution in [0.5, 0.6) is 0 Å². The van der Waals surface area contributed by atoms with Gasteiger partial charge in [-0.3, -0.25) is 9.97 Å². The quantitative estimate of drug-likeness (QED) is 0.180. The van der Waals surface area contributed by atoms with Gasteiger partial charge in [0, 0.05) is 34.3 Å². The standard InChI is InChI=1S/C48H30N2/c1-2-18-42-41(17-1)43-23-21-35(33-11-3-13-37(27-33)39-19-5-9-31-15-7-25-49-47(31)39)30-46(43)44-24-22-36(29-45(42)44)34-12-4-14-38(28-34)40-20-6-10-32-16-8-26-50-48(32)40/h1-30H. The van der Waals surface area contributed by atoms with E-state index in [0.717, 1.165) is 32.9 Å². The Morgan fingerprint density at radius 2 is 0.660 bits per heavy atom. The molecule has 50 heavy (non-hydrogen) atoms. The minimum atomic E-state index is 1.03. The van der Waals surface area contributed by atoms with E-state index in [1.165, 1.54) is 65.7 Å². The number of aromatic nitrogens is 2. The lowest BCUT2D eigenvalue weighted by molar-refractivity contribution is 1.41. The molecule has 0 fully saturated rings. The van der Waals surface area contributed by atoms with Crippen LogP contribution in [0.3, 0.4) is 0 Å². The Morgan fingerprint density at radius 3 is 1.20 bits per heavy atom. The minimum Gasteiger partial charge on any atom is -0.256 e. The van der Waals surface area contributed by atoms with Gasteiger partial charge in [0.25, 0.3) is 0 Å². The van der Waals surface area contributed by atoms with Crippen LogP contribution in [0.4, 0.5) is 0 Å². The van der Waals surface area contributed by atoms with E-state index in [4.69, 9.17) is 9.97 Å². The number of para-hydroxylation sites is 2.